The number of carbonyl (C=O) groups excluding carboxylic acids is 1. The zero-order chi connectivity index (χ0) is 11.9. The van der Waals surface area contributed by atoms with E-state index in [0.717, 1.165) is 11.1 Å². The van der Waals surface area contributed by atoms with Crippen LogP contribution in [0.3, 0.4) is 0 Å². The Balaban J connectivity index is 2.66. The van der Waals surface area contributed by atoms with Crippen LogP contribution in [0.25, 0.3) is 0 Å². The standard InChI is InChI=1S/C12H14O4/c1-6-4-9(15-3)11(13)10-8(6)5-7(2)16-12(10)14/h4,7,13H,5H2,1-3H3. The third-order valence-electron chi connectivity index (χ3n) is 2.82. The minimum absolute atomic E-state index is 0.125. The van der Waals surface area contributed by atoms with E-state index in [1.165, 1.54) is 7.11 Å². The first-order valence-corrected chi connectivity index (χ1v) is 5.15. The quantitative estimate of drug-likeness (QED) is 0.736. The number of hydrogen-bond donors (Lipinski definition) is 1. The molecule has 1 atom stereocenters. The molecule has 0 saturated carbocycles. The minimum atomic E-state index is -0.478. The zero-order valence-electron chi connectivity index (χ0n) is 9.53. The van der Waals surface area contributed by atoms with E-state index in [1.807, 2.05) is 13.8 Å². The maximum atomic E-state index is 11.7. The first-order chi connectivity index (χ1) is 7.54. The van der Waals surface area contributed by atoms with E-state index < -0.39 is 5.97 Å². The third kappa shape index (κ3) is 1.50. The molecule has 2 rings (SSSR count). The minimum Gasteiger partial charge on any atom is -0.504 e. The van der Waals surface area contributed by atoms with Crippen LogP contribution in [-0.4, -0.2) is 24.3 Å². The second-order valence-electron chi connectivity index (χ2n) is 4.02. The van der Waals surface area contributed by atoms with Crippen molar-refractivity contribution < 1.29 is 19.4 Å². The molecule has 86 valence electrons. The summed E-state index contributed by atoms with van der Waals surface area (Å²) in [5, 5.41) is 9.89. The van der Waals surface area contributed by atoms with E-state index in [4.69, 9.17) is 9.47 Å². The Morgan fingerprint density at radius 3 is 2.88 bits per heavy atom. The van der Waals surface area contributed by atoms with E-state index >= 15 is 0 Å². The number of aromatic hydroxyl groups is 1. The van der Waals surface area contributed by atoms with Crippen molar-refractivity contribution in [3.8, 4) is 11.5 Å². The van der Waals surface area contributed by atoms with Crippen LogP contribution in [0.2, 0.25) is 0 Å². The predicted octanol–water partition coefficient (Wildman–Crippen LogP) is 1.81. The SMILES string of the molecule is COc1cc(C)c2c(c1O)C(=O)OC(C)C2. The van der Waals surface area contributed by atoms with Crippen LogP contribution in [0.1, 0.15) is 28.4 Å². The first-order valence-electron chi connectivity index (χ1n) is 5.15. The van der Waals surface area contributed by atoms with Gasteiger partial charge in [0.05, 0.1) is 7.11 Å². The van der Waals surface area contributed by atoms with Crippen molar-refractivity contribution in [2.75, 3.05) is 7.11 Å². The van der Waals surface area contributed by atoms with Gasteiger partial charge >= 0.3 is 5.97 Å². The second kappa shape index (κ2) is 3.70. The Labute approximate surface area is 93.8 Å². The molecule has 0 aliphatic carbocycles. The van der Waals surface area contributed by atoms with Crippen molar-refractivity contribution in [1.82, 2.24) is 0 Å². The Morgan fingerprint density at radius 1 is 1.56 bits per heavy atom. The summed E-state index contributed by atoms with van der Waals surface area (Å²) in [6.45, 7) is 3.73. The third-order valence-corrected chi connectivity index (χ3v) is 2.82. The molecule has 1 N–H and O–H groups in total. The number of benzene rings is 1. The topological polar surface area (TPSA) is 55.8 Å². The lowest BCUT2D eigenvalue weighted by molar-refractivity contribution is 0.0295. The summed E-state index contributed by atoms with van der Waals surface area (Å²) in [5.41, 5.74) is 2.03. The van der Waals surface area contributed by atoms with Crippen molar-refractivity contribution in [3.63, 3.8) is 0 Å². The number of ether oxygens (including phenoxy) is 2. The average molecular weight is 222 g/mol. The molecule has 0 fully saturated rings. The maximum Gasteiger partial charge on any atom is 0.342 e. The summed E-state index contributed by atoms with van der Waals surface area (Å²) in [6.07, 6.45) is 0.483. The highest BCUT2D eigenvalue weighted by atomic mass is 16.5. The molecular formula is C12H14O4. The number of phenolic OH excluding ortho intramolecular Hbond substituents is 1. The predicted molar refractivity (Wildman–Crippen MR) is 58.0 cm³/mol. The number of rotatable bonds is 1. The smallest absolute Gasteiger partial charge is 0.342 e. The normalized spacial score (nSPS) is 18.9. The van der Waals surface area contributed by atoms with Crippen LogP contribution in [0, 0.1) is 6.92 Å². The molecule has 0 radical (unpaired) electrons. The van der Waals surface area contributed by atoms with Crippen LogP contribution in [0.15, 0.2) is 6.07 Å². The van der Waals surface area contributed by atoms with Gasteiger partial charge in [0.25, 0.3) is 0 Å². The van der Waals surface area contributed by atoms with Crippen molar-refractivity contribution in [2.24, 2.45) is 0 Å². The summed E-state index contributed by atoms with van der Waals surface area (Å²) in [7, 11) is 1.46. The van der Waals surface area contributed by atoms with Gasteiger partial charge < -0.3 is 14.6 Å². The molecule has 0 aromatic heterocycles. The molecule has 0 amide bonds. The Bertz CT molecular complexity index is 451. The molecule has 4 heteroatoms. The first kappa shape index (κ1) is 10.8. The van der Waals surface area contributed by atoms with Crippen molar-refractivity contribution in [2.45, 2.75) is 26.4 Å². The summed E-state index contributed by atoms with van der Waals surface area (Å²) in [6, 6.07) is 1.74. The Morgan fingerprint density at radius 2 is 2.25 bits per heavy atom. The lowest BCUT2D eigenvalue weighted by Gasteiger charge is -2.24. The zero-order valence-corrected chi connectivity index (χ0v) is 9.53. The van der Waals surface area contributed by atoms with Crippen LogP contribution in [0.4, 0.5) is 0 Å². The molecular weight excluding hydrogens is 208 g/mol. The van der Waals surface area contributed by atoms with Crippen LogP contribution in [0.5, 0.6) is 11.5 Å². The highest BCUT2D eigenvalue weighted by Crippen LogP contribution is 2.38. The fraction of sp³-hybridized carbons (Fsp3) is 0.417. The molecule has 4 nitrogen and oxygen atoms in total. The molecule has 1 aromatic carbocycles. The van der Waals surface area contributed by atoms with Gasteiger partial charge in [-0.2, -0.15) is 0 Å². The molecule has 1 unspecified atom stereocenters. The molecule has 0 bridgehead atoms. The van der Waals surface area contributed by atoms with Crippen molar-refractivity contribution in [1.29, 1.82) is 0 Å². The number of methoxy groups -OCH3 is 1. The molecule has 1 aliphatic rings. The second-order valence-corrected chi connectivity index (χ2v) is 4.02. The summed E-state index contributed by atoms with van der Waals surface area (Å²) in [5.74, 6) is -0.295. The molecule has 1 aromatic rings. The van der Waals surface area contributed by atoms with Gasteiger partial charge in [-0.1, -0.05) is 0 Å². The highest BCUT2D eigenvalue weighted by molar-refractivity contribution is 5.96. The summed E-state index contributed by atoms with van der Waals surface area (Å²) >= 11 is 0. The van der Waals surface area contributed by atoms with E-state index in [-0.39, 0.29) is 17.4 Å². The maximum absolute atomic E-state index is 11.7. The van der Waals surface area contributed by atoms with Gasteiger partial charge in [0, 0.05) is 6.42 Å². The van der Waals surface area contributed by atoms with Crippen LogP contribution < -0.4 is 4.74 Å². The molecule has 1 aliphatic heterocycles. The van der Waals surface area contributed by atoms with E-state index in [9.17, 15) is 9.90 Å². The molecule has 0 spiro atoms. The number of hydrogen-bond acceptors (Lipinski definition) is 4. The van der Waals surface area contributed by atoms with Gasteiger partial charge in [-0.15, -0.1) is 0 Å². The monoisotopic (exact) mass is 222 g/mol. The number of phenols is 1. The molecule has 1 heterocycles. The Kier molecular flexibility index (Phi) is 2.50. The summed E-state index contributed by atoms with van der Waals surface area (Å²) < 4.78 is 10.1. The fourth-order valence-corrected chi connectivity index (χ4v) is 2.02. The summed E-state index contributed by atoms with van der Waals surface area (Å²) in [4.78, 5) is 11.7. The van der Waals surface area contributed by atoms with Crippen molar-refractivity contribution in [3.05, 3.63) is 22.8 Å². The van der Waals surface area contributed by atoms with E-state index in [2.05, 4.69) is 0 Å². The van der Waals surface area contributed by atoms with Gasteiger partial charge in [0.1, 0.15) is 11.7 Å². The van der Waals surface area contributed by atoms with Gasteiger partial charge in [0.2, 0.25) is 0 Å². The number of cyclic esters (lactones) is 1. The lowest BCUT2D eigenvalue weighted by atomic mass is 9.93. The van der Waals surface area contributed by atoms with E-state index in [0.29, 0.717) is 12.2 Å². The van der Waals surface area contributed by atoms with Gasteiger partial charge in [-0.3, -0.25) is 0 Å². The number of esters is 1. The Hall–Kier alpha value is -1.71. The van der Waals surface area contributed by atoms with Gasteiger partial charge in [0.15, 0.2) is 11.5 Å². The van der Waals surface area contributed by atoms with Crippen molar-refractivity contribution >= 4 is 5.97 Å². The van der Waals surface area contributed by atoms with E-state index in [1.54, 1.807) is 6.07 Å². The lowest BCUT2D eigenvalue weighted by Crippen LogP contribution is -2.26. The highest BCUT2D eigenvalue weighted by Gasteiger charge is 2.30. The number of aryl methyl sites for hydroxylation is 1. The molecule has 16 heavy (non-hydrogen) atoms. The number of carbonyl (C=O) groups is 1. The largest absolute Gasteiger partial charge is 0.504 e. The fourth-order valence-electron chi connectivity index (χ4n) is 2.02. The van der Waals surface area contributed by atoms with Gasteiger partial charge in [-0.25, -0.2) is 4.79 Å². The van der Waals surface area contributed by atoms with Crippen LogP contribution >= 0.6 is 0 Å². The van der Waals surface area contributed by atoms with Crippen LogP contribution in [-0.2, 0) is 11.2 Å². The average Bonchev–Trinajstić information content (AvgIpc) is 2.22. The van der Waals surface area contributed by atoms with Gasteiger partial charge in [-0.05, 0) is 31.0 Å². The molecule has 0 saturated heterocycles. The number of fused-ring (bicyclic) bond motifs is 1.